The molecular weight excluding hydrogens is 292 g/mol. The van der Waals surface area contributed by atoms with Crippen LogP contribution in [0.1, 0.15) is 11.1 Å². The highest BCUT2D eigenvalue weighted by atomic mass is 19.4. The molecule has 1 heterocycles. The van der Waals surface area contributed by atoms with Crippen molar-refractivity contribution in [2.24, 2.45) is 0 Å². The van der Waals surface area contributed by atoms with Gasteiger partial charge < -0.3 is 9.15 Å². The third kappa shape index (κ3) is 2.86. The molecule has 0 fully saturated rings. The van der Waals surface area contributed by atoms with Gasteiger partial charge in [-0.1, -0.05) is 6.07 Å². The van der Waals surface area contributed by atoms with Gasteiger partial charge in [-0.3, -0.25) is 0 Å². The monoisotopic (exact) mass is 297 g/mol. The Kier molecular flexibility index (Phi) is 3.36. The van der Waals surface area contributed by atoms with Gasteiger partial charge in [0.2, 0.25) is 0 Å². The van der Waals surface area contributed by atoms with Crippen molar-refractivity contribution in [2.45, 2.75) is 12.4 Å². The van der Waals surface area contributed by atoms with Crippen molar-refractivity contribution in [2.75, 3.05) is 0 Å². The number of hydrogen-bond donors (Lipinski definition) is 0. The third-order valence-corrected chi connectivity index (χ3v) is 2.22. The highest BCUT2D eigenvalue weighted by Crippen LogP contribution is 2.45. The summed E-state index contributed by atoms with van der Waals surface area (Å²) in [5.74, 6) is -1.39. The predicted molar refractivity (Wildman–Crippen MR) is 53.0 cm³/mol. The normalized spacial score (nSPS) is 12.5. The van der Waals surface area contributed by atoms with Gasteiger partial charge in [0.15, 0.2) is 5.75 Å². The fourth-order valence-corrected chi connectivity index (χ4v) is 1.44. The number of ether oxygens (including phenoxy) is 1. The van der Waals surface area contributed by atoms with Crippen molar-refractivity contribution in [1.82, 2.24) is 4.98 Å². The van der Waals surface area contributed by atoms with Crippen LogP contribution in [0.5, 0.6) is 11.8 Å². The van der Waals surface area contributed by atoms with Crippen molar-refractivity contribution in [1.29, 1.82) is 0 Å². The van der Waals surface area contributed by atoms with E-state index in [1.54, 1.807) is 0 Å². The predicted octanol–water partition coefficient (Wildman–Crippen LogP) is 4.50. The summed E-state index contributed by atoms with van der Waals surface area (Å²) in [6.45, 7) is 0. The van der Waals surface area contributed by atoms with Gasteiger partial charge in [-0.2, -0.15) is 31.3 Å². The molecule has 0 N–H and O–H groups in total. The number of hydrogen-bond acceptors (Lipinski definition) is 3. The average Bonchev–Trinajstić information content (AvgIpc) is 2.79. The lowest BCUT2D eigenvalue weighted by molar-refractivity contribution is -0.145. The van der Waals surface area contributed by atoms with Crippen LogP contribution in [0.15, 0.2) is 35.1 Å². The Morgan fingerprint density at radius 3 is 1.90 bits per heavy atom. The van der Waals surface area contributed by atoms with Gasteiger partial charge in [0.05, 0.1) is 17.3 Å². The molecule has 0 aliphatic rings. The Morgan fingerprint density at radius 1 is 0.950 bits per heavy atom. The van der Waals surface area contributed by atoms with Crippen LogP contribution in [0.25, 0.3) is 0 Å². The van der Waals surface area contributed by atoms with Crippen molar-refractivity contribution in [3.05, 3.63) is 41.8 Å². The summed E-state index contributed by atoms with van der Waals surface area (Å²) in [6, 6.07) is 1.61. The Balaban J connectivity index is 2.59. The molecule has 0 aliphatic carbocycles. The van der Waals surface area contributed by atoms with Gasteiger partial charge in [-0.25, -0.2) is 0 Å². The zero-order chi connectivity index (χ0) is 15.0. The first kappa shape index (κ1) is 14.2. The molecule has 1 aromatic heterocycles. The van der Waals surface area contributed by atoms with Crippen LogP contribution in [0.4, 0.5) is 26.3 Å². The zero-order valence-electron chi connectivity index (χ0n) is 9.42. The Morgan fingerprint density at radius 2 is 1.50 bits per heavy atom. The zero-order valence-corrected chi connectivity index (χ0v) is 9.42. The summed E-state index contributed by atoms with van der Waals surface area (Å²) in [4.78, 5) is 3.33. The molecule has 108 valence electrons. The van der Waals surface area contributed by atoms with E-state index in [2.05, 4.69) is 14.1 Å². The van der Waals surface area contributed by atoms with Crippen LogP contribution in [-0.2, 0) is 12.4 Å². The fourth-order valence-electron chi connectivity index (χ4n) is 1.44. The molecule has 0 atom stereocenters. The molecule has 0 radical (unpaired) electrons. The average molecular weight is 297 g/mol. The second-order valence-corrected chi connectivity index (χ2v) is 3.58. The van der Waals surface area contributed by atoms with E-state index in [-0.39, 0.29) is 0 Å². The second-order valence-electron chi connectivity index (χ2n) is 3.58. The molecule has 0 bridgehead atoms. The van der Waals surface area contributed by atoms with Crippen molar-refractivity contribution in [3.63, 3.8) is 0 Å². The number of alkyl halides is 6. The summed E-state index contributed by atoms with van der Waals surface area (Å²) >= 11 is 0. The summed E-state index contributed by atoms with van der Waals surface area (Å²) in [6.07, 6.45) is -8.75. The topological polar surface area (TPSA) is 35.3 Å². The van der Waals surface area contributed by atoms with E-state index in [1.807, 2.05) is 0 Å². The first-order valence-corrected chi connectivity index (χ1v) is 5.04. The Hall–Kier alpha value is -2.19. The second kappa shape index (κ2) is 4.73. The molecular formula is C11H5F6NO2. The summed E-state index contributed by atoms with van der Waals surface area (Å²) in [5.41, 5.74) is -3.13. The lowest BCUT2D eigenvalue weighted by atomic mass is 10.1. The number of aromatic nitrogens is 1. The molecule has 9 heteroatoms. The summed E-state index contributed by atoms with van der Waals surface area (Å²) < 4.78 is 85.5. The highest BCUT2D eigenvalue weighted by molar-refractivity contribution is 5.45. The van der Waals surface area contributed by atoms with Crippen molar-refractivity contribution < 1.29 is 35.5 Å². The smallest absolute Gasteiger partial charge is 0.417 e. The molecule has 0 saturated carbocycles. The van der Waals surface area contributed by atoms with E-state index < -0.39 is 35.3 Å². The maximum atomic E-state index is 12.7. The number of benzene rings is 1. The molecule has 3 nitrogen and oxygen atoms in total. The maximum Gasteiger partial charge on any atom is 0.420 e. The van der Waals surface area contributed by atoms with Gasteiger partial charge in [-0.15, -0.1) is 0 Å². The Labute approximate surface area is 107 Å². The van der Waals surface area contributed by atoms with E-state index in [0.717, 1.165) is 12.5 Å². The third-order valence-electron chi connectivity index (χ3n) is 2.22. The van der Waals surface area contributed by atoms with E-state index in [1.165, 1.54) is 0 Å². The SMILES string of the molecule is FC(F)(F)c1cccc(C(F)(F)F)c1Oc1ncco1. The molecule has 0 saturated heterocycles. The van der Waals surface area contributed by atoms with Crippen LogP contribution in [-0.4, -0.2) is 4.98 Å². The Bertz CT molecular complexity index is 556. The summed E-state index contributed by atoms with van der Waals surface area (Å²) in [5, 5.41) is 0. The maximum absolute atomic E-state index is 12.7. The first-order valence-electron chi connectivity index (χ1n) is 5.04. The quantitative estimate of drug-likeness (QED) is 0.765. The lowest BCUT2D eigenvalue weighted by Gasteiger charge is -2.17. The van der Waals surface area contributed by atoms with Gasteiger partial charge in [0.25, 0.3) is 0 Å². The molecule has 0 aliphatic heterocycles. The number of halogens is 6. The minimum Gasteiger partial charge on any atom is -0.417 e. The van der Waals surface area contributed by atoms with E-state index in [0.29, 0.717) is 18.2 Å². The number of nitrogens with zero attached hydrogens (tertiary/aromatic N) is 1. The largest absolute Gasteiger partial charge is 0.420 e. The highest BCUT2D eigenvalue weighted by Gasteiger charge is 2.42. The minimum atomic E-state index is -5.01. The number of para-hydroxylation sites is 1. The number of oxazole rings is 1. The molecule has 2 aromatic rings. The van der Waals surface area contributed by atoms with Crippen LogP contribution in [0, 0.1) is 0 Å². The number of rotatable bonds is 2. The van der Waals surface area contributed by atoms with Crippen LogP contribution >= 0.6 is 0 Å². The van der Waals surface area contributed by atoms with Gasteiger partial charge in [-0.05, 0) is 12.1 Å². The molecule has 0 unspecified atom stereocenters. The molecule has 0 spiro atoms. The first-order chi connectivity index (χ1) is 9.19. The summed E-state index contributed by atoms with van der Waals surface area (Å²) in [7, 11) is 0. The lowest BCUT2D eigenvalue weighted by Crippen LogP contribution is -2.13. The molecule has 20 heavy (non-hydrogen) atoms. The van der Waals surface area contributed by atoms with E-state index in [4.69, 9.17) is 0 Å². The molecule has 1 aromatic carbocycles. The molecule has 2 rings (SSSR count). The van der Waals surface area contributed by atoms with Crippen LogP contribution in [0.2, 0.25) is 0 Å². The van der Waals surface area contributed by atoms with Gasteiger partial charge in [0.1, 0.15) is 6.26 Å². The van der Waals surface area contributed by atoms with Crippen LogP contribution < -0.4 is 4.74 Å². The molecule has 0 amide bonds. The van der Waals surface area contributed by atoms with Crippen molar-refractivity contribution in [3.8, 4) is 11.8 Å². The fraction of sp³-hybridized carbons (Fsp3) is 0.182. The van der Waals surface area contributed by atoms with Gasteiger partial charge >= 0.3 is 18.4 Å². The van der Waals surface area contributed by atoms with Crippen LogP contribution in [0.3, 0.4) is 0 Å². The van der Waals surface area contributed by atoms with Gasteiger partial charge in [0, 0.05) is 0 Å². The minimum absolute atomic E-state index is 0.480. The van der Waals surface area contributed by atoms with Crippen molar-refractivity contribution >= 4 is 0 Å². The van der Waals surface area contributed by atoms with E-state index >= 15 is 0 Å². The van der Waals surface area contributed by atoms with E-state index in [9.17, 15) is 26.3 Å². The standard InChI is InChI=1S/C11H5F6NO2/c12-10(13,14)6-2-1-3-7(11(15,16)17)8(6)20-9-18-4-5-19-9/h1-5H.